The van der Waals surface area contributed by atoms with Crippen molar-refractivity contribution in [3.8, 4) is 17.2 Å². The van der Waals surface area contributed by atoms with Gasteiger partial charge in [-0.2, -0.15) is 4.98 Å². The van der Waals surface area contributed by atoms with Crippen molar-refractivity contribution in [3.05, 3.63) is 83.6 Å². The summed E-state index contributed by atoms with van der Waals surface area (Å²) in [7, 11) is -2.44. The van der Waals surface area contributed by atoms with Gasteiger partial charge in [-0.05, 0) is 60.7 Å². The Kier molecular flexibility index (Phi) is 6.59. The highest BCUT2D eigenvalue weighted by atomic mass is 35.5. The van der Waals surface area contributed by atoms with Crippen LogP contribution in [0.25, 0.3) is 11.5 Å². The fourth-order valence-electron chi connectivity index (χ4n) is 4.11. The lowest BCUT2D eigenvalue weighted by Crippen LogP contribution is -2.46. The van der Waals surface area contributed by atoms with Crippen molar-refractivity contribution in [3.63, 3.8) is 0 Å². The maximum atomic E-state index is 14.5. The first-order chi connectivity index (χ1) is 17.4. The monoisotopic (exact) mass is 527 g/mol. The van der Waals surface area contributed by atoms with Crippen molar-refractivity contribution < 1.29 is 22.0 Å². The molecule has 1 fully saturated rings. The van der Waals surface area contributed by atoms with Crippen LogP contribution >= 0.6 is 11.6 Å². The number of benzene rings is 3. The maximum Gasteiger partial charge on any atom is 0.236 e. The van der Waals surface area contributed by atoms with Gasteiger partial charge in [0.1, 0.15) is 11.6 Å². The fraction of sp³-hybridized carbons (Fsp3) is 0.192. The number of anilines is 2. The maximum absolute atomic E-state index is 14.5. The van der Waals surface area contributed by atoms with Crippen molar-refractivity contribution in [2.75, 3.05) is 43.1 Å². The molecule has 5 rings (SSSR count). The molecule has 0 bridgehead atoms. The molecular weight excluding hydrogens is 505 g/mol. The molecule has 0 amide bonds. The lowest BCUT2D eigenvalue weighted by Gasteiger charge is -2.36. The predicted molar refractivity (Wildman–Crippen MR) is 136 cm³/mol. The van der Waals surface area contributed by atoms with Crippen LogP contribution in [0.5, 0.6) is 5.75 Å². The van der Waals surface area contributed by atoms with Gasteiger partial charge in [-0.15, -0.1) is 0 Å². The van der Waals surface area contributed by atoms with Gasteiger partial charge in [-0.3, -0.25) is 0 Å². The van der Waals surface area contributed by atoms with Crippen LogP contribution in [0.1, 0.15) is 0 Å². The van der Waals surface area contributed by atoms with Gasteiger partial charge in [-0.1, -0.05) is 23.7 Å². The summed E-state index contributed by atoms with van der Waals surface area (Å²) in [4.78, 5) is 8.34. The molecule has 0 atom stereocenters. The third kappa shape index (κ3) is 4.64. The van der Waals surface area contributed by atoms with Gasteiger partial charge >= 0.3 is 0 Å². The van der Waals surface area contributed by atoms with Crippen LogP contribution in [0.15, 0.2) is 87.1 Å². The number of methoxy groups -OCH3 is 1. The Hall–Kier alpha value is -3.56. The van der Waals surface area contributed by atoms with Crippen LogP contribution in [-0.4, -0.2) is 46.7 Å². The van der Waals surface area contributed by atoms with Crippen molar-refractivity contribution >= 4 is 33.0 Å². The van der Waals surface area contributed by atoms with Crippen LogP contribution < -0.4 is 14.5 Å². The van der Waals surface area contributed by atoms with E-state index in [1.54, 1.807) is 19.2 Å². The highest BCUT2D eigenvalue weighted by molar-refractivity contribution is 7.91. The molecule has 0 unspecified atom stereocenters. The number of aromatic nitrogens is 1. The van der Waals surface area contributed by atoms with E-state index >= 15 is 0 Å². The first-order valence-corrected chi connectivity index (χ1v) is 13.1. The Balaban J connectivity index is 1.49. The molecule has 0 spiro atoms. The third-order valence-electron chi connectivity index (χ3n) is 6.07. The smallest absolute Gasteiger partial charge is 0.236 e. The lowest BCUT2D eigenvalue weighted by molar-refractivity contribution is 0.415. The molecule has 0 N–H and O–H groups in total. The van der Waals surface area contributed by atoms with E-state index in [4.69, 9.17) is 20.8 Å². The number of hydrogen-bond donors (Lipinski definition) is 0. The molecule has 7 nitrogen and oxygen atoms in total. The molecule has 0 aliphatic carbocycles. The van der Waals surface area contributed by atoms with E-state index in [1.807, 2.05) is 29.2 Å². The second-order valence-electron chi connectivity index (χ2n) is 8.24. The number of oxazole rings is 1. The summed E-state index contributed by atoms with van der Waals surface area (Å²) in [6.07, 6.45) is 0. The molecular formula is C26H23ClFN3O4S. The van der Waals surface area contributed by atoms with E-state index in [-0.39, 0.29) is 27.3 Å². The molecule has 36 heavy (non-hydrogen) atoms. The summed E-state index contributed by atoms with van der Waals surface area (Å²) < 4.78 is 52.9. The van der Waals surface area contributed by atoms with Gasteiger partial charge in [0.05, 0.1) is 17.6 Å². The molecule has 0 radical (unpaired) electrons. The van der Waals surface area contributed by atoms with E-state index < -0.39 is 15.7 Å². The molecule has 1 aromatic heterocycles. The number of hydrogen-bond acceptors (Lipinski definition) is 7. The molecule has 10 heteroatoms. The largest absolute Gasteiger partial charge is 0.497 e. The Morgan fingerprint density at radius 2 is 1.56 bits per heavy atom. The molecule has 1 aliphatic rings. The molecule has 1 saturated heterocycles. The Labute approximate surface area is 213 Å². The van der Waals surface area contributed by atoms with Gasteiger partial charge in [-0.25, -0.2) is 12.8 Å². The van der Waals surface area contributed by atoms with Crippen LogP contribution in [0, 0.1) is 5.82 Å². The average molecular weight is 528 g/mol. The fourth-order valence-corrected chi connectivity index (χ4v) is 5.56. The average Bonchev–Trinajstić information content (AvgIpc) is 3.36. The number of nitrogens with zero attached hydrogens (tertiary/aromatic N) is 3. The zero-order chi connectivity index (χ0) is 25.3. The topological polar surface area (TPSA) is 75.9 Å². The minimum Gasteiger partial charge on any atom is -0.497 e. The molecule has 4 aromatic rings. The summed E-state index contributed by atoms with van der Waals surface area (Å²) in [5.74, 6) is 0.229. The Bertz CT molecular complexity index is 1470. The highest BCUT2D eigenvalue weighted by Gasteiger charge is 2.33. The molecule has 2 heterocycles. The van der Waals surface area contributed by atoms with Gasteiger partial charge < -0.3 is 19.0 Å². The van der Waals surface area contributed by atoms with E-state index in [0.717, 1.165) is 11.4 Å². The van der Waals surface area contributed by atoms with Crippen LogP contribution in [0.4, 0.5) is 16.0 Å². The van der Waals surface area contributed by atoms with Crippen LogP contribution in [0.3, 0.4) is 0 Å². The summed E-state index contributed by atoms with van der Waals surface area (Å²) in [5.41, 5.74) is 1.13. The SMILES string of the molecule is COc1ccc(N2CCN(c3oc(-c4ccccc4F)nc3S(=O)(=O)c3ccc(Cl)cc3)CC2)cc1. The molecule has 186 valence electrons. The number of piperazine rings is 1. The van der Waals surface area contributed by atoms with Crippen LogP contribution in [0.2, 0.25) is 5.02 Å². The second-order valence-corrected chi connectivity index (χ2v) is 10.5. The first-order valence-electron chi connectivity index (χ1n) is 11.3. The van der Waals surface area contributed by atoms with E-state index in [1.165, 1.54) is 36.4 Å². The molecule has 3 aromatic carbocycles. The second kappa shape index (κ2) is 9.83. The third-order valence-corrected chi connectivity index (χ3v) is 7.99. The number of sulfone groups is 1. The van der Waals surface area contributed by atoms with E-state index in [0.29, 0.717) is 31.2 Å². The summed E-state index contributed by atoms with van der Waals surface area (Å²) in [6, 6.07) is 19.6. The summed E-state index contributed by atoms with van der Waals surface area (Å²) in [5, 5.41) is 0.164. The lowest BCUT2D eigenvalue weighted by atomic mass is 10.2. The Morgan fingerprint density at radius 3 is 2.19 bits per heavy atom. The predicted octanol–water partition coefficient (Wildman–Crippen LogP) is 5.30. The Morgan fingerprint density at radius 1 is 0.917 bits per heavy atom. The summed E-state index contributed by atoms with van der Waals surface area (Å²) in [6.45, 7) is 2.23. The van der Waals surface area contributed by atoms with Gasteiger partial charge in [0, 0.05) is 36.9 Å². The van der Waals surface area contributed by atoms with Crippen molar-refractivity contribution in [1.82, 2.24) is 4.98 Å². The normalized spacial score (nSPS) is 14.2. The molecule has 1 aliphatic heterocycles. The first kappa shape index (κ1) is 24.1. The zero-order valence-corrected chi connectivity index (χ0v) is 21.0. The number of ether oxygens (including phenoxy) is 1. The minimum absolute atomic E-state index is 0.0263. The van der Waals surface area contributed by atoms with Crippen LogP contribution in [-0.2, 0) is 9.84 Å². The quantitative estimate of drug-likeness (QED) is 0.336. The van der Waals surface area contributed by atoms with Crippen molar-refractivity contribution in [2.24, 2.45) is 0 Å². The highest BCUT2D eigenvalue weighted by Crippen LogP contribution is 2.36. The van der Waals surface area contributed by atoms with E-state index in [2.05, 4.69) is 9.88 Å². The molecule has 0 saturated carbocycles. The van der Waals surface area contributed by atoms with E-state index in [9.17, 15) is 12.8 Å². The van der Waals surface area contributed by atoms with Crippen molar-refractivity contribution in [2.45, 2.75) is 9.92 Å². The zero-order valence-electron chi connectivity index (χ0n) is 19.4. The van der Waals surface area contributed by atoms with Gasteiger partial charge in [0.25, 0.3) is 0 Å². The standard InChI is InChI=1S/C26H23ClFN3O4S/c1-34-20-10-8-19(9-11-20)30-14-16-31(17-15-30)26-25(36(32,33)21-12-6-18(27)7-13-21)29-24(35-26)22-4-2-3-5-23(22)28/h2-13H,14-17H2,1H3. The van der Waals surface area contributed by atoms with Crippen molar-refractivity contribution in [1.29, 1.82) is 0 Å². The number of rotatable bonds is 6. The van der Waals surface area contributed by atoms with Gasteiger partial charge in [0.2, 0.25) is 26.6 Å². The summed E-state index contributed by atoms with van der Waals surface area (Å²) >= 11 is 5.95. The minimum atomic E-state index is -4.06. The van der Waals surface area contributed by atoms with Gasteiger partial charge in [0.15, 0.2) is 0 Å². The number of halogens is 2.